The summed E-state index contributed by atoms with van der Waals surface area (Å²) in [4.78, 5) is 16.6. The first-order chi connectivity index (χ1) is 12.3. The van der Waals surface area contributed by atoms with Gasteiger partial charge >= 0.3 is 0 Å². The number of aromatic amines is 1. The number of benzene rings is 1. The van der Waals surface area contributed by atoms with Gasteiger partial charge in [-0.25, -0.2) is 15.0 Å². The van der Waals surface area contributed by atoms with Gasteiger partial charge in [0.25, 0.3) is 0 Å². The van der Waals surface area contributed by atoms with Gasteiger partial charge in [-0.05, 0) is 12.1 Å². The van der Waals surface area contributed by atoms with Crippen LogP contribution in [0.3, 0.4) is 0 Å². The summed E-state index contributed by atoms with van der Waals surface area (Å²) in [5, 5.41) is 2.08. The first-order valence-corrected chi connectivity index (χ1v) is 8.86. The van der Waals surface area contributed by atoms with E-state index in [4.69, 9.17) is 4.74 Å². The molecule has 7 heteroatoms. The van der Waals surface area contributed by atoms with Crippen molar-refractivity contribution >= 4 is 11.3 Å². The molecule has 0 fully saturated rings. The molecule has 0 bridgehead atoms. The number of aromatic nitrogens is 5. The molecule has 1 N–H and O–H groups in total. The first kappa shape index (κ1) is 15.6. The van der Waals surface area contributed by atoms with Crippen molar-refractivity contribution < 1.29 is 4.74 Å². The third-order valence-electron chi connectivity index (χ3n) is 4.00. The smallest absolute Gasteiger partial charge is 0.156 e. The highest BCUT2D eigenvalue weighted by atomic mass is 32.1. The van der Waals surface area contributed by atoms with Crippen LogP contribution in [-0.4, -0.2) is 31.6 Å². The normalized spacial score (nSPS) is 10.9. The summed E-state index contributed by atoms with van der Waals surface area (Å²) in [6, 6.07) is 7.91. The second kappa shape index (κ2) is 6.90. The Morgan fingerprint density at radius 1 is 1.24 bits per heavy atom. The molecule has 126 valence electrons. The molecule has 0 saturated carbocycles. The van der Waals surface area contributed by atoms with E-state index < -0.39 is 0 Å². The van der Waals surface area contributed by atoms with Gasteiger partial charge in [-0.2, -0.15) is 0 Å². The Kier molecular flexibility index (Phi) is 4.30. The Morgan fingerprint density at radius 2 is 2.20 bits per heavy atom. The van der Waals surface area contributed by atoms with Crippen molar-refractivity contribution in [1.82, 2.24) is 24.5 Å². The Labute approximate surface area is 149 Å². The van der Waals surface area contributed by atoms with Gasteiger partial charge in [0.05, 0.1) is 30.3 Å². The van der Waals surface area contributed by atoms with Gasteiger partial charge in [-0.3, -0.25) is 0 Å². The molecule has 1 aromatic carbocycles. The Balaban J connectivity index is 1.74. The first-order valence-electron chi connectivity index (χ1n) is 7.91. The maximum atomic E-state index is 5.35. The predicted octanol–water partition coefficient (Wildman–Crippen LogP) is 3.65. The van der Waals surface area contributed by atoms with E-state index in [1.165, 1.54) is 0 Å². The fraction of sp³-hybridized carbons (Fsp3) is 0.167. The molecule has 0 radical (unpaired) electrons. The van der Waals surface area contributed by atoms with Gasteiger partial charge < -0.3 is 14.3 Å². The standard InChI is InChI=1S/C18H17N5OS/c1-24-15-4-2-3-13(9-15)16-17(18-19-6-7-20-18)23(11-21-16)8-5-14-10-25-12-22-14/h2-4,6-7,9-12H,5,8H2,1H3,(H,19,20). The third kappa shape index (κ3) is 3.18. The zero-order chi connectivity index (χ0) is 17.1. The highest BCUT2D eigenvalue weighted by Crippen LogP contribution is 2.31. The maximum Gasteiger partial charge on any atom is 0.156 e. The highest BCUT2D eigenvalue weighted by Gasteiger charge is 2.17. The minimum Gasteiger partial charge on any atom is -0.497 e. The van der Waals surface area contributed by atoms with E-state index in [1.54, 1.807) is 24.6 Å². The van der Waals surface area contributed by atoms with Crippen LogP contribution in [-0.2, 0) is 13.0 Å². The third-order valence-corrected chi connectivity index (χ3v) is 4.63. The summed E-state index contributed by atoms with van der Waals surface area (Å²) in [5.74, 6) is 1.61. The fourth-order valence-corrected chi connectivity index (χ4v) is 3.37. The number of nitrogens with one attached hydrogen (secondary N) is 1. The van der Waals surface area contributed by atoms with Crippen LogP contribution in [0.5, 0.6) is 5.75 Å². The molecule has 0 aliphatic carbocycles. The summed E-state index contributed by atoms with van der Waals surface area (Å²) in [6.07, 6.45) is 6.29. The molecule has 25 heavy (non-hydrogen) atoms. The number of rotatable bonds is 6. The Hall–Kier alpha value is -2.93. The summed E-state index contributed by atoms with van der Waals surface area (Å²) < 4.78 is 7.46. The number of hydrogen-bond acceptors (Lipinski definition) is 5. The van der Waals surface area contributed by atoms with Crippen molar-refractivity contribution in [3.8, 4) is 28.5 Å². The second-order valence-corrected chi connectivity index (χ2v) is 6.25. The Bertz CT molecular complexity index is 944. The quantitative estimate of drug-likeness (QED) is 0.576. The van der Waals surface area contributed by atoms with Crippen LogP contribution in [0, 0.1) is 0 Å². The number of H-pyrrole nitrogens is 1. The molecule has 4 rings (SSSR count). The SMILES string of the molecule is COc1cccc(-c2ncn(CCc3cscn3)c2-c2ncc[nH]2)c1. The zero-order valence-electron chi connectivity index (χ0n) is 13.7. The zero-order valence-corrected chi connectivity index (χ0v) is 14.5. The summed E-state index contributed by atoms with van der Waals surface area (Å²) in [5.41, 5.74) is 5.80. The van der Waals surface area contributed by atoms with Gasteiger partial charge in [-0.1, -0.05) is 12.1 Å². The number of ether oxygens (including phenoxy) is 1. The molecule has 0 unspecified atom stereocenters. The fourth-order valence-electron chi connectivity index (χ4n) is 2.77. The number of aryl methyl sites for hydroxylation is 2. The summed E-state index contributed by atoms with van der Waals surface area (Å²) >= 11 is 1.61. The van der Waals surface area contributed by atoms with E-state index in [0.717, 1.165) is 47.2 Å². The van der Waals surface area contributed by atoms with Crippen LogP contribution in [0.4, 0.5) is 0 Å². The van der Waals surface area contributed by atoms with Gasteiger partial charge in [0.2, 0.25) is 0 Å². The van der Waals surface area contributed by atoms with Crippen molar-refractivity contribution in [2.24, 2.45) is 0 Å². The minimum absolute atomic E-state index is 0.788. The van der Waals surface area contributed by atoms with E-state index in [0.29, 0.717) is 0 Å². The lowest BCUT2D eigenvalue weighted by Crippen LogP contribution is -2.03. The van der Waals surface area contributed by atoms with Crippen LogP contribution in [0.25, 0.3) is 22.8 Å². The summed E-state index contributed by atoms with van der Waals surface area (Å²) in [7, 11) is 1.67. The number of imidazole rings is 2. The molecule has 0 aliphatic rings. The average molecular weight is 351 g/mol. The van der Waals surface area contributed by atoms with Gasteiger partial charge in [-0.15, -0.1) is 11.3 Å². The molecule has 3 aromatic heterocycles. The van der Waals surface area contributed by atoms with Gasteiger partial charge in [0, 0.05) is 36.3 Å². The lowest BCUT2D eigenvalue weighted by atomic mass is 10.1. The predicted molar refractivity (Wildman–Crippen MR) is 97.6 cm³/mol. The van der Waals surface area contributed by atoms with Crippen molar-refractivity contribution in [1.29, 1.82) is 0 Å². The molecular formula is C18H17N5OS. The molecular weight excluding hydrogens is 334 g/mol. The molecule has 0 amide bonds. The van der Waals surface area contributed by atoms with Gasteiger partial charge in [0.15, 0.2) is 5.82 Å². The number of thiazole rings is 1. The number of methoxy groups -OCH3 is 1. The number of hydrogen-bond donors (Lipinski definition) is 1. The van der Waals surface area contributed by atoms with Crippen molar-refractivity contribution in [3.63, 3.8) is 0 Å². The van der Waals surface area contributed by atoms with Crippen LogP contribution < -0.4 is 4.74 Å². The van der Waals surface area contributed by atoms with Crippen molar-refractivity contribution in [2.75, 3.05) is 7.11 Å². The molecule has 0 spiro atoms. The molecule has 0 aliphatic heterocycles. The molecule has 3 heterocycles. The minimum atomic E-state index is 0.788. The van der Waals surface area contributed by atoms with E-state index in [1.807, 2.05) is 42.3 Å². The number of nitrogens with zero attached hydrogens (tertiary/aromatic N) is 4. The maximum absolute atomic E-state index is 5.35. The van der Waals surface area contributed by atoms with E-state index in [2.05, 4.69) is 29.9 Å². The lowest BCUT2D eigenvalue weighted by molar-refractivity contribution is 0.415. The lowest BCUT2D eigenvalue weighted by Gasteiger charge is -2.08. The van der Waals surface area contributed by atoms with Crippen molar-refractivity contribution in [3.05, 3.63) is 59.6 Å². The van der Waals surface area contributed by atoms with E-state index in [-0.39, 0.29) is 0 Å². The molecule has 4 aromatic rings. The summed E-state index contributed by atoms with van der Waals surface area (Å²) in [6.45, 7) is 0.788. The Morgan fingerprint density at radius 3 is 2.96 bits per heavy atom. The van der Waals surface area contributed by atoms with Crippen LogP contribution in [0.15, 0.2) is 53.9 Å². The van der Waals surface area contributed by atoms with Crippen LogP contribution in [0.1, 0.15) is 5.69 Å². The topological polar surface area (TPSA) is 68.6 Å². The highest BCUT2D eigenvalue weighted by molar-refractivity contribution is 7.07. The second-order valence-electron chi connectivity index (χ2n) is 5.53. The molecule has 0 atom stereocenters. The molecule has 0 saturated heterocycles. The molecule has 6 nitrogen and oxygen atoms in total. The van der Waals surface area contributed by atoms with E-state index in [9.17, 15) is 0 Å². The van der Waals surface area contributed by atoms with E-state index >= 15 is 0 Å². The van der Waals surface area contributed by atoms with Crippen LogP contribution >= 0.6 is 11.3 Å². The van der Waals surface area contributed by atoms with Crippen LogP contribution in [0.2, 0.25) is 0 Å². The average Bonchev–Trinajstić information content (AvgIpc) is 3.40. The van der Waals surface area contributed by atoms with Crippen molar-refractivity contribution in [2.45, 2.75) is 13.0 Å². The largest absolute Gasteiger partial charge is 0.497 e. The monoisotopic (exact) mass is 351 g/mol. The van der Waals surface area contributed by atoms with Gasteiger partial charge in [0.1, 0.15) is 11.4 Å².